The van der Waals surface area contributed by atoms with Crippen LogP contribution in [0.4, 0.5) is 20.9 Å². The summed E-state index contributed by atoms with van der Waals surface area (Å²) in [5.41, 5.74) is 3.07. The Morgan fingerprint density at radius 2 is 2.04 bits per heavy atom. The van der Waals surface area contributed by atoms with Crippen LogP contribution in [0.1, 0.15) is 0 Å². The van der Waals surface area contributed by atoms with Crippen molar-refractivity contribution in [3.8, 4) is 17.0 Å². The molecule has 0 fully saturated rings. The summed E-state index contributed by atoms with van der Waals surface area (Å²) < 4.78 is 18.3. The van der Waals surface area contributed by atoms with E-state index < -0.39 is 0 Å². The molecule has 1 aromatic heterocycles. The Bertz CT molecular complexity index is 908. The fourth-order valence-corrected chi connectivity index (χ4v) is 3.10. The van der Waals surface area contributed by atoms with Crippen molar-refractivity contribution in [2.45, 2.75) is 0 Å². The van der Waals surface area contributed by atoms with Gasteiger partial charge in [-0.2, -0.15) is 0 Å². The molecule has 3 aromatic rings. The molecule has 0 unspecified atom stereocenters. The van der Waals surface area contributed by atoms with Gasteiger partial charge in [-0.05, 0) is 42.5 Å². The summed E-state index contributed by atoms with van der Waals surface area (Å²) in [6.45, 7) is 0.0365. The highest BCUT2D eigenvalue weighted by atomic mass is 32.1. The smallest absolute Gasteiger partial charge is 0.262 e. The first-order chi connectivity index (χ1) is 11.7. The number of carbonyl (C=O) groups excluding carboxylic acids is 1. The zero-order chi connectivity index (χ0) is 16.5. The summed E-state index contributed by atoms with van der Waals surface area (Å²) in [6, 6.07) is 11.6. The average molecular weight is 341 g/mol. The molecule has 1 aliphatic heterocycles. The van der Waals surface area contributed by atoms with Gasteiger partial charge in [0.05, 0.1) is 11.4 Å². The van der Waals surface area contributed by atoms with Gasteiger partial charge in [-0.1, -0.05) is 0 Å². The fraction of sp³-hybridized carbons (Fsp3) is 0.0588. The van der Waals surface area contributed by atoms with Crippen LogP contribution in [0.2, 0.25) is 0 Å². The highest BCUT2D eigenvalue weighted by Crippen LogP contribution is 2.34. The number of ether oxygens (including phenoxy) is 1. The van der Waals surface area contributed by atoms with Crippen molar-refractivity contribution in [1.29, 1.82) is 0 Å². The van der Waals surface area contributed by atoms with Crippen LogP contribution in [0.5, 0.6) is 5.75 Å². The lowest BCUT2D eigenvalue weighted by Crippen LogP contribution is -2.25. The van der Waals surface area contributed by atoms with Crippen molar-refractivity contribution in [3.05, 3.63) is 53.7 Å². The minimum atomic E-state index is -0.279. The van der Waals surface area contributed by atoms with Crippen LogP contribution >= 0.6 is 11.3 Å². The molecule has 0 saturated heterocycles. The molecule has 2 aromatic carbocycles. The monoisotopic (exact) mass is 341 g/mol. The van der Waals surface area contributed by atoms with Gasteiger partial charge < -0.3 is 15.4 Å². The zero-order valence-electron chi connectivity index (χ0n) is 12.4. The minimum Gasteiger partial charge on any atom is -0.482 e. The van der Waals surface area contributed by atoms with Gasteiger partial charge in [-0.15, -0.1) is 11.3 Å². The number of rotatable bonds is 3. The van der Waals surface area contributed by atoms with Crippen LogP contribution in [-0.2, 0) is 4.79 Å². The third-order valence-corrected chi connectivity index (χ3v) is 4.27. The maximum absolute atomic E-state index is 12.9. The van der Waals surface area contributed by atoms with E-state index in [1.165, 1.54) is 23.5 Å². The molecule has 24 heavy (non-hydrogen) atoms. The van der Waals surface area contributed by atoms with Crippen LogP contribution in [0.25, 0.3) is 11.3 Å². The normalized spacial score (nSPS) is 13.0. The number of fused-ring (bicyclic) bond motifs is 1. The van der Waals surface area contributed by atoms with Gasteiger partial charge in [0.1, 0.15) is 11.6 Å². The number of carbonyl (C=O) groups is 1. The molecule has 120 valence electrons. The zero-order valence-corrected chi connectivity index (χ0v) is 13.2. The lowest BCUT2D eigenvalue weighted by atomic mass is 10.1. The lowest BCUT2D eigenvalue weighted by Gasteiger charge is -2.18. The Morgan fingerprint density at radius 3 is 2.88 bits per heavy atom. The van der Waals surface area contributed by atoms with Crippen molar-refractivity contribution in [1.82, 2.24) is 4.98 Å². The van der Waals surface area contributed by atoms with Gasteiger partial charge >= 0.3 is 0 Å². The van der Waals surface area contributed by atoms with E-state index in [9.17, 15) is 9.18 Å². The number of nitrogens with zero attached hydrogens (tertiary/aromatic N) is 1. The van der Waals surface area contributed by atoms with E-state index in [1.54, 1.807) is 12.1 Å². The molecule has 0 saturated carbocycles. The SMILES string of the molecule is O=C1COc2ccc(-c3csc(Nc4ccc(F)cc4)n3)cc2N1. The minimum absolute atomic E-state index is 0.0365. The summed E-state index contributed by atoms with van der Waals surface area (Å²) in [7, 11) is 0. The van der Waals surface area contributed by atoms with Crippen molar-refractivity contribution in [3.63, 3.8) is 0 Å². The Kier molecular flexibility index (Phi) is 3.62. The van der Waals surface area contributed by atoms with Gasteiger partial charge in [0.15, 0.2) is 11.7 Å². The molecule has 2 heterocycles. The van der Waals surface area contributed by atoms with Crippen LogP contribution < -0.4 is 15.4 Å². The third-order valence-electron chi connectivity index (χ3n) is 3.51. The molecule has 4 rings (SSSR count). The lowest BCUT2D eigenvalue weighted by molar-refractivity contribution is -0.118. The molecular weight excluding hydrogens is 329 g/mol. The summed E-state index contributed by atoms with van der Waals surface area (Å²) in [4.78, 5) is 15.9. The summed E-state index contributed by atoms with van der Waals surface area (Å²) in [6.07, 6.45) is 0. The average Bonchev–Trinajstić information content (AvgIpc) is 3.05. The third kappa shape index (κ3) is 2.93. The van der Waals surface area contributed by atoms with E-state index in [2.05, 4.69) is 15.6 Å². The second-order valence-corrected chi connectivity index (χ2v) is 6.08. The Balaban J connectivity index is 1.57. The molecular formula is C17H12FN3O2S. The molecule has 0 aliphatic carbocycles. The molecule has 0 atom stereocenters. The van der Waals surface area contributed by atoms with Crippen molar-refractivity contribution >= 4 is 33.8 Å². The van der Waals surface area contributed by atoms with Crippen molar-refractivity contribution in [2.75, 3.05) is 17.2 Å². The molecule has 5 nitrogen and oxygen atoms in total. The van der Waals surface area contributed by atoms with Crippen LogP contribution in [0.3, 0.4) is 0 Å². The molecule has 7 heteroatoms. The number of aromatic nitrogens is 1. The number of amides is 1. The number of nitrogens with one attached hydrogen (secondary N) is 2. The van der Waals surface area contributed by atoms with E-state index in [0.717, 1.165) is 16.9 Å². The largest absolute Gasteiger partial charge is 0.482 e. The molecule has 0 bridgehead atoms. The first-order valence-corrected chi connectivity index (χ1v) is 8.10. The molecule has 2 N–H and O–H groups in total. The Morgan fingerprint density at radius 1 is 1.21 bits per heavy atom. The predicted octanol–water partition coefficient (Wildman–Crippen LogP) is 4.02. The Labute approximate surface area is 141 Å². The van der Waals surface area contributed by atoms with Gasteiger partial charge in [-0.25, -0.2) is 9.37 Å². The van der Waals surface area contributed by atoms with Gasteiger partial charge in [0.25, 0.3) is 5.91 Å². The van der Waals surface area contributed by atoms with Gasteiger partial charge in [0, 0.05) is 16.6 Å². The van der Waals surface area contributed by atoms with Crippen LogP contribution in [0, 0.1) is 5.82 Å². The van der Waals surface area contributed by atoms with Crippen molar-refractivity contribution in [2.24, 2.45) is 0 Å². The highest BCUT2D eigenvalue weighted by molar-refractivity contribution is 7.14. The molecule has 0 spiro atoms. The highest BCUT2D eigenvalue weighted by Gasteiger charge is 2.17. The van der Waals surface area contributed by atoms with Gasteiger partial charge in [0.2, 0.25) is 0 Å². The fourth-order valence-electron chi connectivity index (χ4n) is 2.36. The van der Waals surface area contributed by atoms with E-state index in [1.807, 2.05) is 23.6 Å². The van der Waals surface area contributed by atoms with Gasteiger partial charge in [-0.3, -0.25) is 4.79 Å². The topological polar surface area (TPSA) is 63.2 Å². The van der Waals surface area contributed by atoms with E-state index >= 15 is 0 Å². The quantitative estimate of drug-likeness (QED) is 0.755. The molecule has 1 aliphatic rings. The summed E-state index contributed by atoms with van der Waals surface area (Å²) >= 11 is 1.45. The first-order valence-electron chi connectivity index (χ1n) is 7.22. The molecule has 1 amide bonds. The maximum atomic E-state index is 12.9. The van der Waals surface area contributed by atoms with E-state index in [-0.39, 0.29) is 18.3 Å². The summed E-state index contributed by atoms with van der Waals surface area (Å²) in [5.74, 6) is 0.202. The number of hydrogen-bond donors (Lipinski definition) is 2. The van der Waals surface area contributed by atoms with Crippen molar-refractivity contribution < 1.29 is 13.9 Å². The number of benzene rings is 2. The number of anilines is 3. The first kappa shape index (κ1) is 14.6. The van der Waals surface area contributed by atoms with E-state index in [4.69, 9.17) is 4.74 Å². The number of halogens is 1. The second kappa shape index (κ2) is 5.93. The second-order valence-electron chi connectivity index (χ2n) is 5.22. The summed E-state index contributed by atoms with van der Waals surface area (Å²) in [5, 5.41) is 8.54. The standard InChI is InChI=1S/C17H12FN3O2S/c18-11-2-4-12(5-3-11)19-17-21-14(9-24-17)10-1-6-15-13(7-10)20-16(22)8-23-15/h1-7,9H,8H2,(H,19,21)(H,20,22). The number of thiazole rings is 1. The van der Waals surface area contributed by atoms with Crippen LogP contribution in [0.15, 0.2) is 47.8 Å². The number of hydrogen-bond acceptors (Lipinski definition) is 5. The van der Waals surface area contributed by atoms with Crippen LogP contribution in [-0.4, -0.2) is 17.5 Å². The van der Waals surface area contributed by atoms with E-state index in [0.29, 0.717) is 16.6 Å². The maximum Gasteiger partial charge on any atom is 0.262 e. The molecule has 0 radical (unpaired) electrons. The predicted molar refractivity (Wildman–Crippen MR) is 91.4 cm³/mol. The Hall–Kier alpha value is -2.93.